The van der Waals surface area contributed by atoms with Crippen LogP contribution in [0.2, 0.25) is 0 Å². The average molecular weight is 490 g/mol. The number of alkyl carbamates (subject to hydrolysis) is 1. The van der Waals surface area contributed by atoms with E-state index in [1.807, 2.05) is 0 Å². The Labute approximate surface area is 212 Å². The number of carbonyl (C=O) groups is 1. The maximum atomic E-state index is 12.9. The van der Waals surface area contributed by atoms with E-state index >= 15 is 0 Å². The molecule has 1 saturated heterocycles. The summed E-state index contributed by atoms with van der Waals surface area (Å²) in [6.07, 6.45) is 7.10. The summed E-state index contributed by atoms with van der Waals surface area (Å²) in [6.45, 7) is 7.31. The van der Waals surface area contributed by atoms with Crippen molar-refractivity contribution in [3.05, 3.63) is 82.6 Å². The molecule has 36 heavy (non-hydrogen) atoms. The molecule has 0 radical (unpaired) electrons. The number of hydrogen-bond acceptors (Lipinski definition) is 6. The molecule has 2 aromatic carbocycles. The number of benzene rings is 2. The molecule has 2 N–H and O–H groups in total. The lowest BCUT2D eigenvalue weighted by molar-refractivity contribution is 0.176. The van der Waals surface area contributed by atoms with Crippen molar-refractivity contribution in [2.24, 2.45) is 0 Å². The Morgan fingerprint density at radius 3 is 2.72 bits per heavy atom. The molecule has 2 heterocycles. The second-order valence-electron chi connectivity index (χ2n) is 9.22. The molecule has 0 unspecified atom stereocenters. The van der Waals surface area contributed by atoms with Gasteiger partial charge in [0.2, 0.25) is 0 Å². The van der Waals surface area contributed by atoms with Crippen molar-refractivity contribution in [3.8, 4) is 0 Å². The number of fused-ring (bicyclic) bond motifs is 1. The van der Waals surface area contributed by atoms with Crippen LogP contribution in [-0.4, -0.2) is 46.2 Å². The van der Waals surface area contributed by atoms with Crippen LogP contribution < -0.4 is 16.2 Å². The van der Waals surface area contributed by atoms with Gasteiger partial charge in [-0.1, -0.05) is 36.4 Å². The molecular formula is C28H35N5O3. The van der Waals surface area contributed by atoms with Crippen LogP contribution in [-0.2, 0) is 17.8 Å². The monoisotopic (exact) mass is 489 g/mol. The highest BCUT2D eigenvalue weighted by Gasteiger charge is 2.20. The summed E-state index contributed by atoms with van der Waals surface area (Å²) in [7, 11) is 0. The van der Waals surface area contributed by atoms with Gasteiger partial charge < -0.3 is 19.9 Å². The van der Waals surface area contributed by atoms with Gasteiger partial charge in [-0.25, -0.2) is 9.78 Å². The summed E-state index contributed by atoms with van der Waals surface area (Å²) in [6, 6.07) is 15.3. The van der Waals surface area contributed by atoms with E-state index in [0.717, 1.165) is 32.5 Å². The topological polar surface area (TPSA) is 88.5 Å². The summed E-state index contributed by atoms with van der Waals surface area (Å²) in [5, 5.41) is 8.60. The second-order valence-corrected chi connectivity index (χ2v) is 9.22. The molecule has 0 atom stereocenters. The SMILES string of the molecule is C/C=C(/C)OC(=O)NCCCn1ccnc(NC2CCN(Cc3ccc4ccccc4c3)CC2)c1=O. The molecule has 8 heteroatoms. The minimum atomic E-state index is -0.484. The van der Waals surface area contributed by atoms with Crippen molar-refractivity contribution in [1.29, 1.82) is 0 Å². The van der Waals surface area contributed by atoms with E-state index in [9.17, 15) is 9.59 Å². The van der Waals surface area contributed by atoms with Crippen LogP contribution in [0.3, 0.4) is 0 Å². The van der Waals surface area contributed by atoms with E-state index in [1.54, 1.807) is 36.9 Å². The van der Waals surface area contributed by atoms with Gasteiger partial charge in [0.1, 0.15) is 5.76 Å². The Morgan fingerprint density at radius 1 is 1.17 bits per heavy atom. The van der Waals surface area contributed by atoms with E-state index < -0.39 is 6.09 Å². The second kappa shape index (κ2) is 12.4. The number of rotatable bonds is 9. The number of hydrogen-bond donors (Lipinski definition) is 2. The van der Waals surface area contributed by atoms with E-state index in [0.29, 0.717) is 31.1 Å². The lowest BCUT2D eigenvalue weighted by Crippen LogP contribution is -2.40. The lowest BCUT2D eigenvalue weighted by atomic mass is 10.0. The fourth-order valence-corrected chi connectivity index (χ4v) is 4.43. The maximum Gasteiger partial charge on any atom is 0.412 e. The molecule has 0 spiro atoms. The van der Waals surface area contributed by atoms with E-state index in [-0.39, 0.29) is 11.6 Å². The first-order valence-corrected chi connectivity index (χ1v) is 12.6. The number of likely N-dealkylation sites (tertiary alicyclic amines) is 1. The summed E-state index contributed by atoms with van der Waals surface area (Å²) < 4.78 is 6.69. The summed E-state index contributed by atoms with van der Waals surface area (Å²) in [5.41, 5.74) is 1.19. The molecule has 0 bridgehead atoms. The summed E-state index contributed by atoms with van der Waals surface area (Å²) >= 11 is 0. The quantitative estimate of drug-likeness (QED) is 0.340. The van der Waals surface area contributed by atoms with E-state index in [1.165, 1.54) is 16.3 Å². The molecular weight excluding hydrogens is 454 g/mol. The fourth-order valence-electron chi connectivity index (χ4n) is 4.43. The Kier molecular flexibility index (Phi) is 8.73. The number of anilines is 1. The zero-order valence-corrected chi connectivity index (χ0v) is 21.1. The first-order chi connectivity index (χ1) is 17.5. The van der Waals surface area contributed by atoms with Gasteiger partial charge in [0.05, 0.1) is 0 Å². The van der Waals surface area contributed by atoms with Crippen LogP contribution in [0.25, 0.3) is 10.8 Å². The van der Waals surface area contributed by atoms with Crippen LogP contribution in [0.4, 0.5) is 10.6 Å². The standard InChI is InChI=1S/C28H35N5O3/c1-3-21(2)36-28(35)30-13-6-15-33-18-14-29-26(27(33)34)31-25-11-16-32(17-12-25)20-22-9-10-23-7-4-5-8-24(23)19-22/h3-5,7-10,14,18-19,25H,6,11-13,15-17,20H2,1-2H3,(H,29,31)(H,30,35)/b21-3-. The molecule has 1 amide bonds. The highest BCUT2D eigenvalue weighted by atomic mass is 16.6. The molecule has 3 aromatic rings. The lowest BCUT2D eigenvalue weighted by Gasteiger charge is -2.32. The molecule has 4 rings (SSSR count). The van der Waals surface area contributed by atoms with Crippen molar-refractivity contribution in [2.75, 3.05) is 25.0 Å². The number of ether oxygens (including phenoxy) is 1. The Bertz CT molecular complexity index is 1260. The average Bonchev–Trinajstić information content (AvgIpc) is 2.89. The molecule has 1 aliphatic heterocycles. The zero-order chi connectivity index (χ0) is 25.3. The van der Waals surface area contributed by atoms with Gasteiger partial charge in [-0.3, -0.25) is 9.69 Å². The van der Waals surface area contributed by atoms with Crippen molar-refractivity contribution < 1.29 is 9.53 Å². The molecule has 8 nitrogen and oxygen atoms in total. The van der Waals surface area contributed by atoms with Crippen LogP contribution in [0.15, 0.2) is 71.5 Å². The normalized spacial score (nSPS) is 15.1. The molecule has 1 fully saturated rings. The van der Waals surface area contributed by atoms with Crippen molar-refractivity contribution >= 4 is 22.7 Å². The smallest absolute Gasteiger partial charge is 0.412 e. The number of amides is 1. The van der Waals surface area contributed by atoms with Crippen LogP contribution >= 0.6 is 0 Å². The van der Waals surface area contributed by atoms with Crippen LogP contribution in [0.1, 0.15) is 38.7 Å². The van der Waals surface area contributed by atoms with Gasteiger partial charge in [0, 0.05) is 51.2 Å². The number of nitrogens with one attached hydrogen (secondary N) is 2. The first-order valence-electron chi connectivity index (χ1n) is 12.6. The highest BCUT2D eigenvalue weighted by molar-refractivity contribution is 5.82. The number of piperidine rings is 1. The number of aryl methyl sites for hydroxylation is 1. The summed E-state index contributed by atoms with van der Waals surface area (Å²) in [5.74, 6) is 0.939. The van der Waals surface area contributed by atoms with Gasteiger partial charge in [-0.2, -0.15) is 0 Å². The summed E-state index contributed by atoms with van der Waals surface area (Å²) in [4.78, 5) is 31.3. The number of nitrogens with zero attached hydrogens (tertiary/aromatic N) is 3. The van der Waals surface area contributed by atoms with Gasteiger partial charge in [0.15, 0.2) is 5.82 Å². The minimum Gasteiger partial charge on any atom is -0.416 e. The van der Waals surface area contributed by atoms with Gasteiger partial charge in [-0.15, -0.1) is 0 Å². The van der Waals surface area contributed by atoms with Gasteiger partial charge in [0.25, 0.3) is 5.56 Å². The Hall–Kier alpha value is -3.65. The van der Waals surface area contributed by atoms with E-state index in [4.69, 9.17) is 4.74 Å². The van der Waals surface area contributed by atoms with Gasteiger partial charge in [-0.05, 0) is 61.6 Å². The van der Waals surface area contributed by atoms with Crippen molar-refractivity contribution in [1.82, 2.24) is 19.8 Å². The Balaban J connectivity index is 1.23. The van der Waals surface area contributed by atoms with Crippen molar-refractivity contribution in [3.63, 3.8) is 0 Å². The first kappa shape index (κ1) is 25.4. The Morgan fingerprint density at radius 2 is 1.94 bits per heavy atom. The number of allylic oxidation sites excluding steroid dienone is 2. The van der Waals surface area contributed by atoms with Gasteiger partial charge >= 0.3 is 6.09 Å². The molecule has 1 aliphatic rings. The highest BCUT2D eigenvalue weighted by Crippen LogP contribution is 2.20. The third-order valence-electron chi connectivity index (χ3n) is 6.57. The van der Waals surface area contributed by atoms with Crippen molar-refractivity contribution in [2.45, 2.75) is 52.2 Å². The predicted molar refractivity (Wildman–Crippen MR) is 143 cm³/mol. The van der Waals surface area contributed by atoms with Crippen LogP contribution in [0.5, 0.6) is 0 Å². The maximum absolute atomic E-state index is 12.9. The minimum absolute atomic E-state index is 0.136. The molecule has 190 valence electrons. The number of carbonyl (C=O) groups excluding carboxylic acids is 1. The van der Waals surface area contributed by atoms with Crippen LogP contribution in [0, 0.1) is 0 Å². The zero-order valence-electron chi connectivity index (χ0n) is 21.1. The molecule has 0 saturated carbocycles. The predicted octanol–water partition coefficient (Wildman–Crippen LogP) is 4.51. The molecule has 1 aromatic heterocycles. The van der Waals surface area contributed by atoms with E-state index in [2.05, 4.69) is 63.0 Å². The largest absolute Gasteiger partial charge is 0.416 e. The number of aromatic nitrogens is 2. The third kappa shape index (κ3) is 6.95. The fraction of sp³-hybridized carbons (Fsp3) is 0.393. The molecule has 0 aliphatic carbocycles. The third-order valence-corrected chi connectivity index (χ3v) is 6.57.